The summed E-state index contributed by atoms with van der Waals surface area (Å²) in [5.41, 5.74) is 0. The van der Waals surface area contributed by atoms with Crippen molar-refractivity contribution in [3.05, 3.63) is 0 Å². The number of carbonyl (C=O) groups excluding carboxylic acids is 1. The van der Waals surface area contributed by atoms with Crippen LogP contribution in [0.25, 0.3) is 0 Å². The third-order valence-electron chi connectivity index (χ3n) is 3.55. The second-order valence-corrected chi connectivity index (χ2v) is 7.22. The number of hydrogen-bond donors (Lipinski definition) is 2. The lowest BCUT2D eigenvalue weighted by molar-refractivity contribution is -0.160. The molecule has 0 spiro atoms. The van der Waals surface area contributed by atoms with E-state index in [1.165, 1.54) is 0 Å². The second kappa shape index (κ2) is 8.84. The number of nitrogens with one attached hydrogen (secondary N) is 1. The molecule has 0 aliphatic heterocycles. The molecule has 0 radical (unpaired) electrons. The lowest BCUT2D eigenvalue weighted by atomic mass is 9.95. The van der Waals surface area contributed by atoms with Gasteiger partial charge in [-0.25, -0.2) is 0 Å². The van der Waals surface area contributed by atoms with Gasteiger partial charge in [-0.3, -0.25) is 9.35 Å². The van der Waals surface area contributed by atoms with Gasteiger partial charge < -0.3 is 10.1 Å². The zero-order valence-corrected chi connectivity index (χ0v) is 13.5. The van der Waals surface area contributed by atoms with Crippen LogP contribution in [0.1, 0.15) is 44.9 Å². The molecule has 1 aliphatic carbocycles. The van der Waals surface area contributed by atoms with Gasteiger partial charge in [0, 0.05) is 12.6 Å². The maximum absolute atomic E-state index is 12.1. The summed E-state index contributed by atoms with van der Waals surface area (Å²) < 4.78 is 71.7. The average molecular weight is 361 g/mol. The minimum atomic E-state index is -4.49. The van der Waals surface area contributed by atoms with Crippen molar-refractivity contribution in [2.75, 3.05) is 12.3 Å². The first-order chi connectivity index (χ1) is 10.6. The molecule has 0 aromatic rings. The van der Waals surface area contributed by atoms with Gasteiger partial charge in [0.05, 0.1) is 12.8 Å². The highest BCUT2D eigenvalue weighted by Crippen LogP contribution is 2.22. The van der Waals surface area contributed by atoms with Crippen molar-refractivity contribution >= 4 is 16.1 Å². The Balaban J connectivity index is 2.48. The molecule has 1 rings (SSSR count). The zero-order valence-electron chi connectivity index (χ0n) is 12.6. The van der Waals surface area contributed by atoms with Crippen LogP contribution < -0.4 is 5.32 Å². The van der Waals surface area contributed by atoms with Gasteiger partial charge in [0.15, 0.2) is 0 Å². The first kappa shape index (κ1) is 20.2. The van der Waals surface area contributed by atoms with Crippen LogP contribution in [0.3, 0.4) is 0 Å². The van der Waals surface area contributed by atoms with Crippen LogP contribution in [0.2, 0.25) is 0 Å². The number of alkyl halides is 3. The van der Waals surface area contributed by atoms with Crippen LogP contribution in [-0.4, -0.2) is 49.6 Å². The van der Waals surface area contributed by atoms with Crippen LogP contribution in [0.5, 0.6) is 0 Å². The highest BCUT2D eigenvalue weighted by molar-refractivity contribution is 7.85. The van der Waals surface area contributed by atoms with E-state index < -0.39 is 47.0 Å². The smallest absolute Gasteiger partial charge is 0.389 e. The normalized spacial score (nSPS) is 18.6. The third kappa shape index (κ3) is 10.5. The third-order valence-corrected chi connectivity index (χ3v) is 4.34. The van der Waals surface area contributed by atoms with E-state index in [1.807, 2.05) is 0 Å². The fourth-order valence-electron chi connectivity index (χ4n) is 2.46. The van der Waals surface area contributed by atoms with Crippen molar-refractivity contribution in [3.63, 3.8) is 0 Å². The number of carbonyl (C=O) groups is 1. The number of hydrogen-bond acceptors (Lipinski definition) is 5. The monoisotopic (exact) mass is 361 g/mol. The fourth-order valence-corrected chi connectivity index (χ4v) is 3.12. The Hall–Kier alpha value is -0.870. The van der Waals surface area contributed by atoms with Gasteiger partial charge >= 0.3 is 12.1 Å². The average Bonchev–Trinajstić information content (AvgIpc) is 2.41. The first-order valence-corrected chi connectivity index (χ1v) is 9.11. The number of esters is 1. The van der Waals surface area contributed by atoms with E-state index in [2.05, 4.69) is 5.32 Å². The Labute approximate surface area is 133 Å². The lowest BCUT2D eigenvalue weighted by Gasteiger charge is -2.25. The van der Waals surface area contributed by atoms with E-state index in [4.69, 9.17) is 9.29 Å². The molecule has 0 bridgehead atoms. The highest BCUT2D eigenvalue weighted by Gasteiger charge is 2.30. The van der Waals surface area contributed by atoms with Gasteiger partial charge in [0.1, 0.15) is 11.9 Å². The summed E-state index contributed by atoms with van der Waals surface area (Å²) in [6.45, 7) is -0.0256. The minimum Gasteiger partial charge on any atom is -0.460 e. The Kier molecular flexibility index (Phi) is 7.75. The molecule has 1 aliphatic rings. The van der Waals surface area contributed by atoms with Crippen LogP contribution >= 0.6 is 0 Å². The molecular weight excluding hydrogens is 339 g/mol. The molecule has 10 heteroatoms. The Morgan fingerprint density at radius 2 is 1.87 bits per heavy atom. The van der Waals surface area contributed by atoms with Crippen molar-refractivity contribution in [1.29, 1.82) is 0 Å². The van der Waals surface area contributed by atoms with Crippen molar-refractivity contribution in [2.45, 2.75) is 63.3 Å². The summed E-state index contributed by atoms with van der Waals surface area (Å²) in [5, 5.41) is 3.05. The number of rotatable bonds is 8. The van der Waals surface area contributed by atoms with E-state index >= 15 is 0 Å². The summed E-state index contributed by atoms with van der Waals surface area (Å²) in [5.74, 6) is -1.98. The van der Waals surface area contributed by atoms with Crippen molar-refractivity contribution in [2.24, 2.45) is 0 Å². The highest BCUT2D eigenvalue weighted by atomic mass is 32.2. The van der Waals surface area contributed by atoms with Gasteiger partial charge in [-0.15, -0.1) is 0 Å². The van der Waals surface area contributed by atoms with E-state index in [-0.39, 0.29) is 12.6 Å². The van der Waals surface area contributed by atoms with E-state index in [0.717, 1.165) is 32.1 Å². The van der Waals surface area contributed by atoms with Gasteiger partial charge in [-0.05, 0) is 12.8 Å². The maximum Gasteiger partial charge on any atom is 0.389 e. The molecule has 0 amide bonds. The molecule has 0 heterocycles. The molecule has 1 unspecified atom stereocenters. The van der Waals surface area contributed by atoms with E-state index in [9.17, 15) is 26.4 Å². The van der Waals surface area contributed by atoms with Crippen LogP contribution in [0.4, 0.5) is 13.2 Å². The molecule has 6 nitrogen and oxygen atoms in total. The van der Waals surface area contributed by atoms with E-state index in [1.54, 1.807) is 0 Å². The van der Waals surface area contributed by atoms with E-state index in [0.29, 0.717) is 0 Å². The topological polar surface area (TPSA) is 92.7 Å². The Morgan fingerprint density at radius 1 is 1.26 bits per heavy atom. The summed E-state index contributed by atoms with van der Waals surface area (Å²) >= 11 is 0. The van der Waals surface area contributed by atoms with Gasteiger partial charge in [0.25, 0.3) is 10.1 Å². The molecule has 1 saturated carbocycles. The van der Waals surface area contributed by atoms with Crippen LogP contribution in [0, 0.1) is 0 Å². The van der Waals surface area contributed by atoms with Gasteiger partial charge in [-0.2, -0.15) is 21.6 Å². The predicted molar refractivity (Wildman–Crippen MR) is 76.5 cm³/mol. The number of ether oxygens (including phenoxy) is 1. The van der Waals surface area contributed by atoms with Gasteiger partial charge in [-0.1, -0.05) is 19.3 Å². The largest absolute Gasteiger partial charge is 0.460 e. The molecule has 1 fully saturated rings. The molecule has 0 aromatic carbocycles. The molecule has 23 heavy (non-hydrogen) atoms. The summed E-state index contributed by atoms with van der Waals surface area (Å²) in [6, 6.07) is 0.154. The Bertz CT molecular complexity index is 474. The fraction of sp³-hybridized carbons (Fsp3) is 0.923. The molecule has 0 saturated heterocycles. The van der Waals surface area contributed by atoms with Gasteiger partial charge in [0.2, 0.25) is 0 Å². The van der Waals surface area contributed by atoms with Crippen molar-refractivity contribution in [3.8, 4) is 0 Å². The molecule has 1 atom stereocenters. The van der Waals surface area contributed by atoms with Crippen molar-refractivity contribution in [1.82, 2.24) is 5.32 Å². The summed E-state index contributed by atoms with van der Waals surface area (Å²) in [4.78, 5) is 11.4. The first-order valence-electron chi connectivity index (χ1n) is 7.50. The summed E-state index contributed by atoms with van der Waals surface area (Å²) in [6.07, 6.45) is -2.92. The van der Waals surface area contributed by atoms with Crippen LogP contribution in [0.15, 0.2) is 0 Å². The Morgan fingerprint density at radius 3 is 2.39 bits per heavy atom. The predicted octanol–water partition coefficient (Wildman–Crippen LogP) is 2.05. The quantitative estimate of drug-likeness (QED) is 0.508. The minimum absolute atomic E-state index is 0.0256. The molecule has 2 N–H and O–H groups in total. The second-order valence-electron chi connectivity index (χ2n) is 5.72. The molecular formula is C13H22F3NO5S. The van der Waals surface area contributed by atoms with Crippen molar-refractivity contribution < 1.29 is 35.7 Å². The zero-order chi connectivity index (χ0) is 17.5. The number of halogens is 3. The molecule has 136 valence electrons. The molecule has 0 aromatic heterocycles. The maximum atomic E-state index is 12.1. The summed E-state index contributed by atoms with van der Waals surface area (Å²) in [7, 11) is -4.40. The SMILES string of the molecule is O=C(CCC(F)(F)F)OC(CNC1CCCCC1)CS(=O)(=O)O. The van der Waals surface area contributed by atoms with Crippen LogP contribution in [-0.2, 0) is 19.6 Å². The standard InChI is InChI=1S/C13H22F3NO5S/c14-13(15,16)7-6-12(18)22-11(9-23(19,20)21)8-17-10-4-2-1-3-5-10/h10-11,17H,1-9H2,(H,19,20,21). The lowest BCUT2D eigenvalue weighted by Crippen LogP contribution is -2.41.